The largest absolute Gasteiger partial charge is 0.468 e. The number of carbonyl (C=O) groups excluding carboxylic acids is 3. The zero-order valence-electron chi connectivity index (χ0n) is 23.8. The van der Waals surface area contributed by atoms with Gasteiger partial charge in [-0.1, -0.05) is 20.8 Å². The third-order valence-corrected chi connectivity index (χ3v) is 6.03. The van der Waals surface area contributed by atoms with E-state index in [1.54, 1.807) is 47.9 Å². The Morgan fingerprint density at radius 1 is 1.03 bits per heavy atom. The minimum absolute atomic E-state index is 0.00930. The maximum atomic E-state index is 12.8. The van der Waals surface area contributed by atoms with Crippen LogP contribution in [0.1, 0.15) is 93.7 Å². The molecule has 36 heavy (non-hydrogen) atoms. The van der Waals surface area contributed by atoms with Crippen LogP contribution in [0.25, 0.3) is 0 Å². The zero-order chi connectivity index (χ0) is 27.5. The number of imide groups is 1. The van der Waals surface area contributed by atoms with Crippen molar-refractivity contribution in [2.24, 2.45) is 11.3 Å². The summed E-state index contributed by atoms with van der Waals surface area (Å²) >= 11 is 0. The molecule has 0 spiro atoms. The molecule has 1 fully saturated rings. The standard InChI is InChI=1S/C27H45N3O6/c1-24(2,3)13-15-29-17-20(28-18-29)27(21(31)34-10)16-19(27)12-11-14-30(22(32)35-25(4,5)6)23(33)36-26(7,8)9/h17-19H,11-16H2,1-10H3/t19-,27+/m1/s1. The lowest BCUT2D eigenvalue weighted by Crippen LogP contribution is -2.44. The first-order valence-electron chi connectivity index (χ1n) is 12.7. The summed E-state index contributed by atoms with van der Waals surface area (Å²) in [7, 11) is 1.39. The van der Waals surface area contributed by atoms with Crippen LogP contribution in [0.3, 0.4) is 0 Å². The zero-order valence-corrected chi connectivity index (χ0v) is 23.8. The van der Waals surface area contributed by atoms with E-state index in [2.05, 4.69) is 25.8 Å². The van der Waals surface area contributed by atoms with E-state index in [1.807, 2.05) is 10.8 Å². The van der Waals surface area contributed by atoms with Gasteiger partial charge in [-0.25, -0.2) is 19.5 Å². The van der Waals surface area contributed by atoms with E-state index in [1.165, 1.54) is 7.11 Å². The molecule has 1 aromatic heterocycles. The molecular formula is C27H45N3O6. The number of carbonyl (C=O) groups is 3. The van der Waals surface area contributed by atoms with Crippen molar-refractivity contribution in [3.8, 4) is 0 Å². The monoisotopic (exact) mass is 507 g/mol. The molecule has 0 aromatic carbocycles. The van der Waals surface area contributed by atoms with Crippen LogP contribution >= 0.6 is 0 Å². The van der Waals surface area contributed by atoms with E-state index in [9.17, 15) is 14.4 Å². The Morgan fingerprint density at radius 2 is 1.58 bits per heavy atom. The molecule has 2 rings (SSSR count). The van der Waals surface area contributed by atoms with Crippen molar-refractivity contribution < 1.29 is 28.6 Å². The molecule has 0 N–H and O–H groups in total. The second-order valence-corrected chi connectivity index (χ2v) is 12.9. The summed E-state index contributed by atoms with van der Waals surface area (Å²) in [5.41, 5.74) is -1.38. The van der Waals surface area contributed by atoms with Crippen molar-refractivity contribution in [3.63, 3.8) is 0 Å². The lowest BCUT2D eigenvalue weighted by Gasteiger charge is -2.28. The van der Waals surface area contributed by atoms with Crippen molar-refractivity contribution in [1.29, 1.82) is 0 Å². The van der Waals surface area contributed by atoms with Crippen molar-refractivity contribution in [2.45, 2.75) is 111 Å². The highest BCUT2D eigenvalue weighted by Gasteiger charge is 2.63. The Kier molecular flexibility index (Phi) is 8.90. The van der Waals surface area contributed by atoms with Crippen LogP contribution in [0.15, 0.2) is 12.5 Å². The summed E-state index contributed by atoms with van der Waals surface area (Å²) < 4.78 is 18.0. The van der Waals surface area contributed by atoms with Gasteiger partial charge in [0.05, 0.1) is 19.1 Å². The van der Waals surface area contributed by atoms with Gasteiger partial charge in [-0.2, -0.15) is 0 Å². The van der Waals surface area contributed by atoms with Crippen molar-refractivity contribution >= 4 is 18.2 Å². The molecule has 1 saturated carbocycles. The molecule has 2 amide bonds. The van der Waals surface area contributed by atoms with E-state index >= 15 is 0 Å². The van der Waals surface area contributed by atoms with Gasteiger partial charge in [0.2, 0.25) is 0 Å². The molecule has 1 aromatic rings. The molecule has 0 radical (unpaired) electrons. The molecular weight excluding hydrogens is 462 g/mol. The quantitative estimate of drug-likeness (QED) is 0.328. The number of aryl methyl sites for hydroxylation is 1. The molecule has 0 saturated heterocycles. The summed E-state index contributed by atoms with van der Waals surface area (Å²) in [4.78, 5) is 43.8. The maximum absolute atomic E-state index is 12.8. The second kappa shape index (κ2) is 10.8. The number of amides is 2. The lowest BCUT2D eigenvalue weighted by molar-refractivity contribution is -0.144. The minimum atomic E-state index is -0.787. The van der Waals surface area contributed by atoms with E-state index in [-0.39, 0.29) is 23.8 Å². The van der Waals surface area contributed by atoms with E-state index in [4.69, 9.17) is 14.2 Å². The van der Waals surface area contributed by atoms with Gasteiger partial charge in [-0.15, -0.1) is 0 Å². The number of rotatable bonds is 8. The highest BCUT2D eigenvalue weighted by atomic mass is 16.6. The summed E-state index contributed by atoms with van der Waals surface area (Å²) in [6.45, 7) is 18.0. The first-order chi connectivity index (χ1) is 16.4. The highest BCUT2D eigenvalue weighted by Crippen LogP contribution is 2.56. The molecule has 1 aliphatic rings. The van der Waals surface area contributed by atoms with Crippen LogP contribution in [-0.4, -0.2) is 57.5 Å². The van der Waals surface area contributed by atoms with Crippen LogP contribution in [0.5, 0.6) is 0 Å². The Balaban J connectivity index is 2.09. The van der Waals surface area contributed by atoms with Gasteiger partial charge in [-0.05, 0) is 78.6 Å². The molecule has 0 bridgehead atoms. The van der Waals surface area contributed by atoms with Gasteiger partial charge >= 0.3 is 18.2 Å². The van der Waals surface area contributed by atoms with Gasteiger partial charge in [0.1, 0.15) is 16.6 Å². The van der Waals surface area contributed by atoms with Gasteiger partial charge in [0, 0.05) is 19.3 Å². The molecule has 9 heteroatoms. The van der Waals surface area contributed by atoms with Gasteiger partial charge in [0.15, 0.2) is 0 Å². The van der Waals surface area contributed by atoms with Crippen LogP contribution < -0.4 is 0 Å². The number of ether oxygens (including phenoxy) is 3. The summed E-state index contributed by atoms with van der Waals surface area (Å²) in [6, 6.07) is 0. The smallest absolute Gasteiger partial charge is 0.419 e. The Bertz CT molecular complexity index is 907. The third-order valence-electron chi connectivity index (χ3n) is 6.03. The third kappa shape index (κ3) is 8.23. The molecule has 9 nitrogen and oxygen atoms in total. The molecule has 0 unspecified atom stereocenters. The predicted molar refractivity (Wildman–Crippen MR) is 137 cm³/mol. The van der Waals surface area contributed by atoms with Gasteiger partial charge < -0.3 is 18.8 Å². The topological polar surface area (TPSA) is 100.0 Å². The fraction of sp³-hybridized carbons (Fsp3) is 0.778. The molecule has 204 valence electrons. The van der Waals surface area contributed by atoms with Crippen LogP contribution in [0, 0.1) is 11.3 Å². The number of hydrogen-bond donors (Lipinski definition) is 0. The van der Waals surface area contributed by atoms with Crippen molar-refractivity contribution in [2.75, 3.05) is 13.7 Å². The normalized spacial score (nSPS) is 20.0. The SMILES string of the molecule is COC(=O)[C@@]1(c2cn(CCC(C)(C)C)cn2)C[C@H]1CCCN(C(=O)OC(C)(C)C)C(=O)OC(C)(C)C. The first kappa shape index (κ1) is 29.6. The number of imidazole rings is 1. The average Bonchev–Trinajstić information content (AvgIpc) is 3.22. The molecule has 1 heterocycles. The number of hydrogen-bond acceptors (Lipinski definition) is 7. The van der Waals surface area contributed by atoms with Gasteiger partial charge in [-0.3, -0.25) is 4.79 Å². The Hall–Kier alpha value is -2.58. The predicted octanol–water partition coefficient (Wildman–Crippen LogP) is 5.70. The summed E-state index contributed by atoms with van der Waals surface area (Å²) in [5, 5.41) is 0. The Morgan fingerprint density at radius 3 is 2.06 bits per heavy atom. The van der Waals surface area contributed by atoms with E-state index < -0.39 is 28.8 Å². The number of nitrogens with zero attached hydrogens (tertiary/aromatic N) is 3. The lowest BCUT2D eigenvalue weighted by atomic mass is 9.92. The van der Waals surface area contributed by atoms with Crippen LogP contribution in [0.4, 0.5) is 9.59 Å². The first-order valence-corrected chi connectivity index (χ1v) is 12.7. The van der Waals surface area contributed by atoms with Gasteiger partial charge in [0.25, 0.3) is 0 Å². The number of esters is 1. The average molecular weight is 508 g/mol. The van der Waals surface area contributed by atoms with E-state index in [0.717, 1.165) is 17.9 Å². The Labute approximate surface area is 215 Å². The van der Waals surface area contributed by atoms with Crippen molar-refractivity contribution in [3.05, 3.63) is 18.2 Å². The van der Waals surface area contributed by atoms with Crippen LogP contribution in [-0.2, 0) is 31.0 Å². The summed E-state index contributed by atoms with van der Waals surface area (Å²) in [5.74, 6) is -0.292. The number of aromatic nitrogens is 2. The van der Waals surface area contributed by atoms with E-state index in [0.29, 0.717) is 25.0 Å². The van der Waals surface area contributed by atoms with Crippen LogP contribution in [0.2, 0.25) is 0 Å². The molecule has 2 atom stereocenters. The fourth-order valence-electron chi connectivity index (χ4n) is 4.09. The molecule has 1 aliphatic carbocycles. The highest BCUT2D eigenvalue weighted by molar-refractivity contribution is 5.88. The number of methoxy groups -OCH3 is 1. The second-order valence-electron chi connectivity index (χ2n) is 12.9. The maximum Gasteiger partial charge on any atom is 0.419 e. The minimum Gasteiger partial charge on any atom is -0.468 e. The molecule has 0 aliphatic heterocycles. The fourth-order valence-corrected chi connectivity index (χ4v) is 4.09. The van der Waals surface area contributed by atoms with Crippen molar-refractivity contribution in [1.82, 2.24) is 14.5 Å². The summed E-state index contributed by atoms with van der Waals surface area (Å²) in [6.07, 6.45) is 4.94.